The lowest BCUT2D eigenvalue weighted by atomic mass is 10.1. The van der Waals surface area contributed by atoms with Crippen LogP contribution in [0.5, 0.6) is 0 Å². The van der Waals surface area contributed by atoms with Crippen LogP contribution in [0.25, 0.3) is 0 Å². The highest BCUT2D eigenvalue weighted by atomic mass is 35.5. The molecule has 0 saturated carbocycles. The Bertz CT molecular complexity index is 944. The fourth-order valence-corrected chi connectivity index (χ4v) is 3.73. The summed E-state index contributed by atoms with van der Waals surface area (Å²) in [6.45, 7) is 6.86. The van der Waals surface area contributed by atoms with Crippen LogP contribution in [-0.2, 0) is 6.54 Å². The molecule has 8 nitrogen and oxygen atoms in total. The summed E-state index contributed by atoms with van der Waals surface area (Å²) in [6.07, 6.45) is 2.94. The largest absolute Gasteiger partial charge is 0.392 e. The Morgan fingerprint density at radius 2 is 2.16 bits per heavy atom. The molecule has 1 aromatic heterocycles. The Morgan fingerprint density at radius 3 is 2.81 bits per heavy atom. The first kappa shape index (κ1) is 22.9. The highest BCUT2D eigenvalue weighted by Crippen LogP contribution is 2.22. The molecule has 2 heterocycles. The number of halogens is 1. The summed E-state index contributed by atoms with van der Waals surface area (Å²) < 4.78 is 0. The van der Waals surface area contributed by atoms with Crippen LogP contribution >= 0.6 is 11.6 Å². The Balaban J connectivity index is 1.71. The van der Waals surface area contributed by atoms with Crippen molar-refractivity contribution in [3.8, 4) is 6.07 Å². The lowest BCUT2D eigenvalue weighted by molar-refractivity contribution is 0.0668. The van der Waals surface area contributed by atoms with Crippen molar-refractivity contribution >= 4 is 23.3 Å². The van der Waals surface area contributed by atoms with Gasteiger partial charge >= 0.3 is 0 Å². The normalized spacial score (nSPS) is 16.7. The topological polar surface area (TPSA) is 105 Å². The van der Waals surface area contributed by atoms with Gasteiger partial charge in [-0.3, -0.25) is 20.1 Å². The lowest BCUT2D eigenvalue weighted by Crippen LogP contribution is -2.45. The number of nitrogens with zero attached hydrogens (tertiary/aromatic N) is 5. The number of piperidine rings is 1. The molecule has 1 unspecified atom stereocenters. The van der Waals surface area contributed by atoms with Crippen molar-refractivity contribution in [3.05, 3.63) is 52.4 Å². The van der Waals surface area contributed by atoms with Crippen LogP contribution < -0.4 is 10.4 Å². The molecule has 9 heteroatoms. The quantitative estimate of drug-likeness (QED) is 0.635. The molecule has 1 aliphatic rings. The number of amides is 1. The molecular weight excluding hydrogens is 416 g/mol. The van der Waals surface area contributed by atoms with Crippen LogP contribution in [0.3, 0.4) is 0 Å². The van der Waals surface area contributed by atoms with Crippen LogP contribution in [0.2, 0.25) is 5.02 Å². The molecule has 1 atom stereocenters. The number of hydrogen-bond donors (Lipinski definition) is 2. The molecule has 3 rings (SSSR count). The Labute approximate surface area is 187 Å². The van der Waals surface area contributed by atoms with E-state index >= 15 is 0 Å². The van der Waals surface area contributed by atoms with Gasteiger partial charge in [-0.15, -0.1) is 0 Å². The summed E-state index contributed by atoms with van der Waals surface area (Å²) >= 11 is 6.23. The zero-order valence-corrected chi connectivity index (χ0v) is 18.5. The second kappa shape index (κ2) is 10.5. The third-order valence-electron chi connectivity index (χ3n) is 4.97. The van der Waals surface area contributed by atoms with Gasteiger partial charge in [-0.05, 0) is 43.0 Å². The minimum atomic E-state index is -0.297. The summed E-state index contributed by atoms with van der Waals surface area (Å²) in [5.41, 5.74) is 4.43. The number of β-amino-alcohol motifs (C(OH)–C–C–N with tert-alkyl or cyclic N) is 1. The first-order valence-corrected chi connectivity index (χ1v) is 10.7. The highest BCUT2D eigenvalue weighted by molar-refractivity contribution is 6.32. The number of hydrogen-bond acceptors (Lipinski definition) is 7. The summed E-state index contributed by atoms with van der Waals surface area (Å²) in [7, 11) is 0. The maximum absolute atomic E-state index is 12.9. The minimum absolute atomic E-state index is 0.0189. The van der Waals surface area contributed by atoms with Gasteiger partial charge in [0.05, 0.1) is 12.3 Å². The summed E-state index contributed by atoms with van der Waals surface area (Å²) in [6, 6.07) is 9.30. The molecule has 1 aliphatic heterocycles. The van der Waals surface area contributed by atoms with Crippen molar-refractivity contribution in [3.63, 3.8) is 0 Å². The van der Waals surface area contributed by atoms with E-state index in [4.69, 9.17) is 16.9 Å². The minimum Gasteiger partial charge on any atom is -0.392 e. The van der Waals surface area contributed by atoms with Crippen molar-refractivity contribution in [1.82, 2.24) is 20.3 Å². The zero-order chi connectivity index (χ0) is 22.4. The van der Waals surface area contributed by atoms with Crippen LogP contribution in [0.15, 0.2) is 30.5 Å². The molecule has 2 aromatic rings. The predicted octanol–water partition coefficient (Wildman–Crippen LogP) is 2.77. The van der Waals surface area contributed by atoms with E-state index in [1.807, 2.05) is 32.0 Å². The van der Waals surface area contributed by atoms with Gasteiger partial charge in [-0.2, -0.15) is 10.2 Å². The molecule has 2 N–H and O–H groups in total. The fourth-order valence-electron chi connectivity index (χ4n) is 3.53. The van der Waals surface area contributed by atoms with E-state index in [0.717, 1.165) is 31.5 Å². The maximum atomic E-state index is 12.9. The van der Waals surface area contributed by atoms with Crippen LogP contribution in [0.4, 0.5) is 5.82 Å². The third-order valence-corrected chi connectivity index (χ3v) is 5.24. The summed E-state index contributed by atoms with van der Waals surface area (Å²) in [5, 5.41) is 20.7. The average molecular weight is 443 g/mol. The molecule has 1 aromatic carbocycles. The second-order valence-corrected chi connectivity index (χ2v) is 8.56. The second-order valence-electron chi connectivity index (χ2n) is 8.15. The number of benzene rings is 1. The first-order valence-electron chi connectivity index (χ1n) is 10.4. The van der Waals surface area contributed by atoms with Crippen LogP contribution in [-0.4, -0.2) is 51.6 Å². The van der Waals surface area contributed by atoms with Gasteiger partial charge in [-0.1, -0.05) is 37.6 Å². The standard InChI is InChI=1S/C22H27ClN6O2/c1-15(2)12-29(21-19(23)11-25-20(10-24)26-21)27-22(31)17-7-5-16(6-8-17)13-28-9-3-4-18(30)14-28/h5-8,11,15,18,30H,3-4,9,12-14H2,1-2H3,(H,27,31). The predicted molar refractivity (Wildman–Crippen MR) is 118 cm³/mol. The number of aromatic nitrogens is 2. The average Bonchev–Trinajstić information content (AvgIpc) is 2.74. The van der Waals surface area contributed by atoms with E-state index < -0.39 is 0 Å². The summed E-state index contributed by atoms with van der Waals surface area (Å²) in [4.78, 5) is 23.1. The van der Waals surface area contributed by atoms with Gasteiger partial charge in [0.25, 0.3) is 5.91 Å². The van der Waals surface area contributed by atoms with Gasteiger partial charge in [-0.25, -0.2) is 4.98 Å². The Hall–Kier alpha value is -2.73. The maximum Gasteiger partial charge on any atom is 0.269 e. The van der Waals surface area contributed by atoms with Crippen molar-refractivity contribution in [1.29, 1.82) is 5.26 Å². The number of likely N-dealkylation sites (tertiary alicyclic amines) is 1. The molecule has 0 radical (unpaired) electrons. The van der Waals surface area contributed by atoms with Gasteiger partial charge in [0.15, 0.2) is 5.82 Å². The van der Waals surface area contributed by atoms with Crippen molar-refractivity contribution in [2.45, 2.75) is 39.3 Å². The number of rotatable bonds is 7. The molecular formula is C22H27ClN6O2. The fraction of sp³-hybridized carbons (Fsp3) is 0.455. The van der Waals surface area contributed by atoms with Crippen molar-refractivity contribution in [2.75, 3.05) is 24.6 Å². The molecule has 1 fully saturated rings. The van der Waals surface area contributed by atoms with E-state index in [0.29, 0.717) is 18.7 Å². The van der Waals surface area contributed by atoms with Gasteiger partial charge in [0.1, 0.15) is 11.1 Å². The van der Waals surface area contributed by atoms with E-state index in [1.165, 1.54) is 6.20 Å². The number of carbonyl (C=O) groups is 1. The van der Waals surface area contributed by atoms with Crippen LogP contribution in [0.1, 0.15) is 48.4 Å². The van der Waals surface area contributed by atoms with E-state index in [2.05, 4.69) is 20.3 Å². The number of hydrazine groups is 1. The van der Waals surface area contributed by atoms with E-state index in [-0.39, 0.29) is 34.6 Å². The van der Waals surface area contributed by atoms with Crippen molar-refractivity contribution in [2.24, 2.45) is 5.92 Å². The Kier molecular flexibility index (Phi) is 7.80. The molecule has 1 amide bonds. The van der Waals surface area contributed by atoms with Crippen LogP contribution in [0, 0.1) is 17.2 Å². The van der Waals surface area contributed by atoms with E-state index in [9.17, 15) is 9.90 Å². The molecule has 164 valence electrons. The number of anilines is 1. The SMILES string of the molecule is CC(C)CN(NC(=O)c1ccc(CN2CCCC(O)C2)cc1)c1nc(C#N)ncc1Cl. The monoisotopic (exact) mass is 442 g/mol. The molecule has 31 heavy (non-hydrogen) atoms. The molecule has 0 aliphatic carbocycles. The Morgan fingerprint density at radius 1 is 1.42 bits per heavy atom. The van der Waals surface area contributed by atoms with Gasteiger partial charge in [0.2, 0.25) is 5.82 Å². The first-order chi connectivity index (χ1) is 14.9. The number of nitrogens with one attached hydrogen (secondary N) is 1. The molecule has 0 spiro atoms. The number of aliphatic hydroxyl groups excluding tert-OH is 1. The third kappa shape index (κ3) is 6.37. The number of aliphatic hydroxyl groups is 1. The lowest BCUT2D eigenvalue weighted by Gasteiger charge is -2.30. The highest BCUT2D eigenvalue weighted by Gasteiger charge is 2.20. The summed E-state index contributed by atoms with van der Waals surface area (Å²) in [5.74, 6) is 0.179. The molecule has 1 saturated heterocycles. The van der Waals surface area contributed by atoms with E-state index in [1.54, 1.807) is 17.1 Å². The zero-order valence-electron chi connectivity index (χ0n) is 17.8. The van der Waals surface area contributed by atoms with Crippen molar-refractivity contribution < 1.29 is 9.90 Å². The van der Waals surface area contributed by atoms with Gasteiger partial charge in [0, 0.05) is 25.2 Å². The molecule has 0 bridgehead atoms. The number of nitriles is 1. The van der Waals surface area contributed by atoms with Gasteiger partial charge < -0.3 is 5.11 Å². The number of carbonyl (C=O) groups excluding carboxylic acids is 1. The smallest absolute Gasteiger partial charge is 0.269 e.